The second-order valence-corrected chi connectivity index (χ2v) is 9.29. The molecule has 4 rings (SSSR count). The highest BCUT2D eigenvalue weighted by Crippen LogP contribution is 2.43. The minimum atomic E-state index is -0.594. The van der Waals surface area contributed by atoms with Gasteiger partial charge in [0.15, 0.2) is 11.5 Å². The van der Waals surface area contributed by atoms with Crippen molar-refractivity contribution >= 4 is 38.6 Å². The quantitative estimate of drug-likeness (QED) is 0.442. The first kappa shape index (κ1) is 25.9. The summed E-state index contributed by atoms with van der Waals surface area (Å²) < 4.78 is 16.9. The van der Waals surface area contributed by atoms with E-state index in [1.807, 2.05) is 30.3 Å². The van der Waals surface area contributed by atoms with Crippen LogP contribution in [0.25, 0.3) is 21.9 Å². The molecule has 9 heteroatoms. The van der Waals surface area contributed by atoms with Crippen molar-refractivity contribution in [3.63, 3.8) is 0 Å². The van der Waals surface area contributed by atoms with Crippen LogP contribution in [0, 0.1) is 0 Å². The largest absolute Gasteiger partial charge is 0.493 e. The topological polar surface area (TPSA) is 88.5 Å². The number of methoxy groups -OCH3 is 3. The molecule has 0 saturated carbocycles. The van der Waals surface area contributed by atoms with E-state index in [0.29, 0.717) is 59.8 Å². The van der Waals surface area contributed by atoms with E-state index >= 15 is 0 Å². The number of hydrogen-bond acceptors (Lipinski definition) is 7. The van der Waals surface area contributed by atoms with E-state index in [1.54, 1.807) is 31.3 Å². The summed E-state index contributed by atoms with van der Waals surface area (Å²) in [6, 6.07) is 13.0. The van der Waals surface area contributed by atoms with Crippen LogP contribution in [0.2, 0.25) is 0 Å². The molecule has 0 radical (unpaired) electrons. The zero-order valence-corrected chi connectivity index (χ0v) is 22.1. The van der Waals surface area contributed by atoms with Crippen molar-refractivity contribution in [2.75, 3.05) is 60.7 Å². The highest BCUT2D eigenvalue weighted by Gasteiger charge is 2.30. The van der Waals surface area contributed by atoms with Crippen LogP contribution in [-0.2, 0) is 4.74 Å². The Kier molecular flexibility index (Phi) is 8.13. The van der Waals surface area contributed by atoms with E-state index in [9.17, 15) is 14.7 Å². The maximum absolute atomic E-state index is 13.8. The van der Waals surface area contributed by atoms with E-state index in [1.165, 1.54) is 7.11 Å². The summed E-state index contributed by atoms with van der Waals surface area (Å²) in [5.74, 6) is 0.186. The van der Waals surface area contributed by atoms with Gasteiger partial charge in [-0.1, -0.05) is 24.3 Å². The number of β-amino-alcohol motifs (C(OH)–C–C–N with tert-alkyl or cyclic N) is 1. The molecular formula is C27H29BrN2O6. The first-order valence-corrected chi connectivity index (χ1v) is 12.4. The van der Waals surface area contributed by atoms with Gasteiger partial charge in [0.25, 0.3) is 5.91 Å². The van der Waals surface area contributed by atoms with Gasteiger partial charge in [0.2, 0.25) is 0 Å². The normalized spacial score (nSPS) is 14.1. The lowest BCUT2D eigenvalue weighted by atomic mass is 9.88. The summed E-state index contributed by atoms with van der Waals surface area (Å²) in [6.45, 7) is 2.97. The first-order chi connectivity index (χ1) is 17.4. The number of carbonyl (C=O) groups is 2. The number of carbonyl (C=O) groups excluding carboxylic acids is 2. The Balaban J connectivity index is 1.93. The molecule has 0 atom stereocenters. The second kappa shape index (κ2) is 11.3. The van der Waals surface area contributed by atoms with Crippen LogP contribution in [-0.4, -0.2) is 87.4 Å². The summed E-state index contributed by atoms with van der Waals surface area (Å²) in [4.78, 5) is 30.9. The average molecular weight is 557 g/mol. The van der Waals surface area contributed by atoms with E-state index in [2.05, 4.69) is 20.8 Å². The van der Waals surface area contributed by atoms with Gasteiger partial charge in [-0.3, -0.25) is 9.69 Å². The maximum Gasteiger partial charge on any atom is 0.339 e. The molecule has 1 heterocycles. The number of piperazine rings is 1. The average Bonchev–Trinajstić information content (AvgIpc) is 2.91. The number of aliphatic hydroxyl groups is 1. The lowest BCUT2D eigenvalue weighted by molar-refractivity contribution is 0.0567. The lowest BCUT2D eigenvalue weighted by Gasteiger charge is -2.34. The molecule has 1 N–H and O–H groups in total. The van der Waals surface area contributed by atoms with Crippen molar-refractivity contribution in [2.24, 2.45) is 0 Å². The van der Waals surface area contributed by atoms with Gasteiger partial charge in [-0.05, 0) is 50.5 Å². The Hall–Kier alpha value is -3.14. The van der Waals surface area contributed by atoms with Crippen LogP contribution in [0.3, 0.4) is 0 Å². The van der Waals surface area contributed by atoms with Crippen LogP contribution in [0.1, 0.15) is 20.7 Å². The van der Waals surface area contributed by atoms with Crippen molar-refractivity contribution in [1.82, 2.24) is 9.80 Å². The molecular weight excluding hydrogens is 528 g/mol. The molecule has 1 fully saturated rings. The summed E-state index contributed by atoms with van der Waals surface area (Å²) in [5.41, 5.74) is 1.76. The Morgan fingerprint density at radius 3 is 2.36 bits per heavy atom. The Bertz CT molecular complexity index is 1290. The molecule has 3 aromatic rings. The molecule has 3 aromatic carbocycles. The van der Waals surface area contributed by atoms with Crippen LogP contribution >= 0.6 is 15.9 Å². The summed E-state index contributed by atoms with van der Waals surface area (Å²) >= 11 is 3.55. The molecule has 0 unspecified atom stereocenters. The minimum Gasteiger partial charge on any atom is -0.493 e. The fourth-order valence-corrected chi connectivity index (χ4v) is 5.28. The Morgan fingerprint density at radius 1 is 1.00 bits per heavy atom. The number of hydrogen-bond donors (Lipinski definition) is 1. The predicted octanol–water partition coefficient (Wildman–Crippen LogP) is 3.82. The molecule has 1 aliphatic rings. The molecule has 36 heavy (non-hydrogen) atoms. The molecule has 0 aromatic heterocycles. The molecule has 8 nitrogen and oxygen atoms in total. The molecule has 1 amide bonds. The predicted molar refractivity (Wildman–Crippen MR) is 141 cm³/mol. The van der Waals surface area contributed by atoms with E-state index in [0.717, 1.165) is 10.8 Å². The zero-order chi connectivity index (χ0) is 25.8. The van der Waals surface area contributed by atoms with Gasteiger partial charge in [-0.2, -0.15) is 0 Å². The second-order valence-electron chi connectivity index (χ2n) is 8.44. The fraction of sp³-hybridized carbons (Fsp3) is 0.333. The number of amides is 1. The lowest BCUT2D eigenvalue weighted by Crippen LogP contribution is -2.49. The van der Waals surface area contributed by atoms with Gasteiger partial charge in [0, 0.05) is 38.3 Å². The van der Waals surface area contributed by atoms with E-state index < -0.39 is 5.97 Å². The number of halogens is 1. The number of fused-ring (bicyclic) bond motifs is 1. The molecule has 0 aliphatic carbocycles. The SMILES string of the molecule is COC(=O)c1c(C(=O)N2CCN(CCO)CC2)cc2ccccc2c1-c1cc(Br)c(OC)c(OC)c1. The Labute approximate surface area is 218 Å². The van der Waals surface area contributed by atoms with Gasteiger partial charge < -0.3 is 24.2 Å². The van der Waals surface area contributed by atoms with E-state index in [-0.39, 0.29) is 23.6 Å². The smallest absolute Gasteiger partial charge is 0.339 e. The number of rotatable bonds is 7. The highest BCUT2D eigenvalue weighted by atomic mass is 79.9. The molecule has 0 spiro atoms. The van der Waals surface area contributed by atoms with Crippen molar-refractivity contribution in [3.8, 4) is 22.6 Å². The summed E-state index contributed by atoms with van der Waals surface area (Å²) in [5, 5.41) is 10.9. The number of nitrogens with zero attached hydrogens (tertiary/aromatic N) is 2. The third-order valence-corrected chi connectivity index (χ3v) is 7.06. The van der Waals surface area contributed by atoms with Gasteiger partial charge in [0.05, 0.1) is 43.5 Å². The minimum absolute atomic E-state index is 0.0787. The van der Waals surface area contributed by atoms with Crippen LogP contribution in [0.4, 0.5) is 0 Å². The van der Waals surface area contributed by atoms with Crippen molar-refractivity contribution in [1.29, 1.82) is 0 Å². The van der Waals surface area contributed by atoms with E-state index in [4.69, 9.17) is 14.2 Å². The number of ether oxygens (including phenoxy) is 3. The van der Waals surface area contributed by atoms with Gasteiger partial charge in [-0.25, -0.2) is 4.79 Å². The van der Waals surface area contributed by atoms with Gasteiger partial charge >= 0.3 is 5.97 Å². The molecule has 0 bridgehead atoms. The monoisotopic (exact) mass is 556 g/mol. The highest BCUT2D eigenvalue weighted by molar-refractivity contribution is 9.10. The third-order valence-electron chi connectivity index (χ3n) is 6.47. The number of esters is 1. The van der Waals surface area contributed by atoms with Crippen LogP contribution in [0.5, 0.6) is 11.5 Å². The molecule has 190 valence electrons. The maximum atomic E-state index is 13.8. The molecule has 1 saturated heterocycles. The number of aliphatic hydroxyl groups excluding tert-OH is 1. The summed E-state index contributed by atoms with van der Waals surface area (Å²) in [6.07, 6.45) is 0. The first-order valence-electron chi connectivity index (χ1n) is 11.6. The van der Waals surface area contributed by atoms with Crippen LogP contribution < -0.4 is 9.47 Å². The summed E-state index contributed by atoms with van der Waals surface area (Å²) in [7, 11) is 4.41. The zero-order valence-electron chi connectivity index (χ0n) is 20.5. The van der Waals surface area contributed by atoms with Crippen LogP contribution in [0.15, 0.2) is 46.9 Å². The van der Waals surface area contributed by atoms with Crippen molar-refractivity contribution < 1.29 is 28.9 Å². The standard InChI is InChI=1S/C27H29BrN2O6/c1-34-22-16-18(15-21(28)25(22)35-2)23-19-7-5-4-6-17(19)14-20(24(23)27(33)36-3)26(32)30-10-8-29(9-11-30)12-13-31/h4-7,14-16,31H,8-13H2,1-3H3. The van der Waals surface area contributed by atoms with Crippen molar-refractivity contribution in [3.05, 3.63) is 58.1 Å². The fourth-order valence-electron chi connectivity index (χ4n) is 4.68. The van der Waals surface area contributed by atoms with Gasteiger partial charge in [0.1, 0.15) is 0 Å². The Morgan fingerprint density at radius 2 is 1.72 bits per heavy atom. The van der Waals surface area contributed by atoms with Crippen molar-refractivity contribution in [2.45, 2.75) is 0 Å². The number of benzene rings is 3. The van der Waals surface area contributed by atoms with Gasteiger partial charge in [-0.15, -0.1) is 0 Å². The molecule has 1 aliphatic heterocycles. The third kappa shape index (κ3) is 4.91.